The molecule has 92 valence electrons. The third-order valence-corrected chi connectivity index (χ3v) is 4.08. The van der Waals surface area contributed by atoms with Gasteiger partial charge in [-0.15, -0.1) is 0 Å². The van der Waals surface area contributed by atoms with E-state index in [4.69, 9.17) is 0 Å². The van der Waals surface area contributed by atoms with Crippen LogP contribution in [-0.4, -0.2) is 24.9 Å². The van der Waals surface area contributed by atoms with E-state index in [2.05, 4.69) is 9.71 Å². The summed E-state index contributed by atoms with van der Waals surface area (Å²) < 4.78 is 28.0. The van der Waals surface area contributed by atoms with Gasteiger partial charge < -0.3 is 4.40 Å². The lowest BCUT2D eigenvalue weighted by molar-refractivity contribution is 0.585. The monoisotopic (exact) mass is 253 g/mol. The van der Waals surface area contributed by atoms with Gasteiger partial charge in [0.1, 0.15) is 5.82 Å². The van der Waals surface area contributed by atoms with E-state index < -0.39 is 10.0 Å². The SMILES string of the molecule is CCc1nc(S(=O)(=O)NC)c2c(C)cccn12. The van der Waals surface area contributed by atoms with Crippen molar-refractivity contribution in [3.63, 3.8) is 0 Å². The lowest BCUT2D eigenvalue weighted by atomic mass is 10.2. The van der Waals surface area contributed by atoms with Crippen LogP contribution in [0.5, 0.6) is 0 Å². The minimum atomic E-state index is -3.52. The summed E-state index contributed by atoms with van der Waals surface area (Å²) in [6.45, 7) is 3.83. The maximum Gasteiger partial charge on any atom is 0.259 e. The van der Waals surface area contributed by atoms with E-state index in [-0.39, 0.29) is 5.03 Å². The second-order valence-corrected chi connectivity index (χ2v) is 5.61. The van der Waals surface area contributed by atoms with Crippen LogP contribution in [0.1, 0.15) is 18.3 Å². The predicted octanol–water partition coefficient (Wildman–Crippen LogP) is 1.11. The molecule has 0 amide bonds. The number of aryl methyl sites for hydroxylation is 2. The molecule has 0 bridgehead atoms. The van der Waals surface area contributed by atoms with Crippen molar-refractivity contribution in [2.75, 3.05) is 7.05 Å². The fraction of sp³-hybridized carbons (Fsp3) is 0.364. The Hall–Kier alpha value is -1.40. The number of hydrogen-bond acceptors (Lipinski definition) is 3. The minimum Gasteiger partial charge on any atom is -0.302 e. The van der Waals surface area contributed by atoms with E-state index >= 15 is 0 Å². The van der Waals surface area contributed by atoms with E-state index in [1.54, 1.807) is 0 Å². The molecule has 1 N–H and O–H groups in total. The highest BCUT2D eigenvalue weighted by Gasteiger charge is 2.22. The molecule has 2 aromatic heterocycles. The highest BCUT2D eigenvalue weighted by atomic mass is 32.2. The summed E-state index contributed by atoms with van der Waals surface area (Å²) in [5.41, 5.74) is 1.55. The molecule has 0 saturated heterocycles. The van der Waals surface area contributed by atoms with E-state index in [1.807, 2.05) is 36.6 Å². The van der Waals surface area contributed by atoms with E-state index in [0.717, 1.165) is 11.4 Å². The average Bonchev–Trinajstić information content (AvgIpc) is 2.70. The number of sulfonamides is 1. The summed E-state index contributed by atoms with van der Waals surface area (Å²) in [6, 6.07) is 3.77. The van der Waals surface area contributed by atoms with Crippen molar-refractivity contribution in [1.82, 2.24) is 14.1 Å². The summed E-state index contributed by atoms with van der Waals surface area (Å²) in [4.78, 5) is 4.22. The first-order valence-electron chi connectivity index (χ1n) is 5.41. The molecule has 0 aliphatic rings. The lowest BCUT2D eigenvalue weighted by Crippen LogP contribution is -2.19. The zero-order valence-electron chi connectivity index (χ0n) is 10.1. The summed E-state index contributed by atoms with van der Waals surface area (Å²) >= 11 is 0. The summed E-state index contributed by atoms with van der Waals surface area (Å²) in [7, 11) is -2.13. The third-order valence-electron chi connectivity index (χ3n) is 2.75. The second kappa shape index (κ2) is 4.12. The van der Waals surface area contributed by atoms with Gasteiger partial charge in [-0.2, -0.15) is 0 Å². The van der Waals surface area contributed by atoms with Gasteiger partial charge in [-0.25, -0.2) is 18.1 Å². The first kappa shape index (κ1) is 12.1. The molecule has 17 heavy (non-hydrogen) atoms. The van der Waals surface area contributed by atoms with Gasteiger partial charge in [-0.1, -0.05) is 13.0 Å². The van der Waals surface area contributed by atoms with Crippen LogP contribution in [0.3, 0.4) is 0 Å². The van der Waals surface area contributed by atoms with Gasteiger partial charge in [0.15, 0.2) is 5.03 Å². The molecule has 2 heterocycles. The number of nitrogens with zero attached hydrogens (tertiary/aromatic N) is 2. The molecular weight excluding hydrogens is 238 g/mol. The smallest absolute Gasteiger partial charge is 0.259 e. The van der Waals surface area contributed by atoms with Gasteiger partial charge in [0.2, 0.25) is 0 Å². The summed E-state index contributed by atoms with van der Waals surface area (Å²) in [6.07, 6.45) is 2.52. The number of imidazole rings is 1. The number of hydrogen-bond donors (Lipinski definition) is 1. The highest BCUT2D eigenvalue weighted by molar-refractivity contribution is 7.89. The van der Waals surface area contributed by atoms with E-state index in [0.29, 0.717) is 11.9 Å². The number of pyridine rings is 1. The molecule has 0 spiro atoms. The van der Waals surface area contributed by atoms with Crippen LogP contribution in [0, 0.1) is 6.92 Å². The highest BCUT2D eigenvalue weighted by Crippen LogP contribution is 2.21. The number of nitrogens with one attached hydrogen (secondary N) is 1. The van der Waals surface area contributed by atoms with Crippen molar-refractivity contribution in [2.45, 2.75) is 25.3 Å². The van der Waals surface area contributed by atoms with E-state index in [1.165, 1.54) is 7.05 Å². The van der Waals surface area contributed by atoms with Crippen LogP contribution in [-0.2, 0) is 16.4 Å². The Morgan fingerprint density at radius 3 is 2.76 bits per heavy atom. The van der Waals surface area contributed by atoms with Crippen molar-refractivity contribution >= 4 is 15.5 Å². The zero-order valence-corrected chi connectivity index (χ0v) is 10.9. The topological polar surface area (TPSA) is 63.5 Å². The molecular formula is C11H15N3O2S. The second-order valence-electron chi connectivity index (χ2n) is 3.80. The van der Waals surface area contributed by atoms with Gasteiger partial charge in [-0.05, 0) is 25.6 Å². The lowest BCUT2D eigenvalue weighted by Gasteiger charge is -2.02. The largest absolute Gasteiger partial charge is 0.302 e. The van der Waals surface area contributed by atoms with Crippen LogP contribution >= 0.6 is 0 Å². The fourth-order valence-corrected chi connectivity index (χ4v) is 2.79. The van der Waals surface area contributed by atoms with Crippen LogP contribution < -0.4 is 4.72 Å². The Morgan fingerprint density at radius 2 is 2.18 bits per heavy atom. The van der Waals surface area contributed by atoms with Crippen molar-refractivity contribution < 1.29 is 8.42 Å². The third kappa shape index (κ3) is 1.83. The molecule has 6 heteroatoms. The van der Waals surface area contributed by atoms with Crippen molar-refractivity contribution in [1.29, 1.82) is 0 Å². The first-order chi connectivity index (χ1) is 8.01. The zero-order chi connectivity index (χ0) is 12.6. The Morgan fingerprint density at radius 1 is 1.47 bits per heavy atom. The molecule has 5 nitrogen and oxygen atoms in total. The fourth-order valence-electron chi connectivity index (χ4n) is 1.86. The maximum atomic E-state index is 11.9. The minimum absolute atomic E-state index is 0.106. The van der Waals surface area contributed by atoms with Crippen LogP contribution in [0.25, 0.3) is 5.52 Å². The quantitative estimate of drug-likeness (QED) is 0.891. The molecule has 2 rings (SSSR count). The Balaban J connectivity index is 2.90. The van der Waals surface area contributed by atoms with Crippen molar-refractivity contribution in [2.24, 2.45) is 0 Å². The van der Waals surface area contributed by atoms with Crippen LogP contribution in [0.15, 0.2) is 23.4 Å². The summed E-state index contributed by atoms with van der Waals surface area (Å²) in [5.74, 6) is 0.748. The number of fused-ring (bicyclic) bond motifs is 1. The molecule has 0 aliphatic heterocycles. The number of rotatable bonds is 3. The normalized spacial score (nSPS) is 12.2. The maximum absolute atomic E-state index is 11.9. The molecule has 0 atom stereocenters. The van der Waals surface area contributed by atoms with Gasteiger partial charge in [0, 0.05) is 12.6 Å². The van der Waals surface area contributed by atoms with Crippen molar-refractivity contribution in [3.8, 4) is 0 Å². The Kier molecular flexibility index (Phi) is 2.92. The average molecular weight is 253 g/mol. The van der Waals surface area contributed by atoms with Crippen molar-refractivity contribution in [3.05, 3.63) is 29.7 Å². The molecule has 0 fully saturated rings. The van der Waals surface area contributed by atoms with E-state index in [9.17, 15) is 8.42 Å². The molecule has 0 radical (unpaired) electrons. The molecule has 0 aliphatic carbocycles. The Labute approximate surface area is 101 Å². The van der Waals surface area contributed by atoms with Gasteiger partial charge >= 0.3 is 0 Å². The van der Waals surface area contributed by atoms with Gasteiger partial charge in [0.25, 0.3) is 10.0 Å². The standard InChI is InChI=1S/C11H15N3O2S/c1-4-9-13-11(17(15,16)12-3)10-8(2)6-5-7-14(9)10/h5-7,12H,4H2,1-3H3. The molecule has 0 saturated carbocycles. The summed E-state index contributed by atoms with van der Waals surface area (Å²) in [5, 5.41) is 0.106. The van der Waals surface area contributed by atoms with Gasteiger partial charge in [0.05, 0.1) is 5.52 Å². The molecule has 0 unspecified atom stereocenters. The molecule has 0 aromatic carbocycles. The van der Waals surface area contributed by atoms with Crippen LogP contribution in [0.4, 0.5) is 0 Å². The number of aromatic nitrogens is 2. The van der Waals surface area contributed by atoms with Crippen LogP contribution in [0.2, 0.25) is 0 Å². The predicted molar refractivity (Wildman–Crippen MR) is 65.6 cm³/mol. The van der Waals surface area contributed by atoms with Gasteiger partial charge in [-0.3, -0.25) is 0 Å². The molecule has 2 aromatic rings. The Bertz CT molecular complexity index is 659. The first-order valence-corrected chi connectivity index (χ1v) is 6.89.